The molecule has 1 amide bonds. The van der Waals surface area contributed by atoms with Crippen molar-refractivity contribution in [3.63, 3.8) is 0 Å². The fraction of sp³-hybridized carbons (Fsp3) is 0.333. The number of nitrogens with one attached hydrogen (secondary N) is 1. The van der Waals surface area contributed by atoms with Gasteiger partial charge < -0.3 is 4.90 Å². The molecule has 3 aromatic rings. The standard InChI is InChI=1S/C24H25N3O/c28-24(27-14-12-18(13-15-27)16-17-6-2-1-3-7-17)23-21-11-10-19-8-4-5-9-20(19)22(21)25-26-23/h1-9,18H,10-16H2,(H,25,26). The van der Waals surface area contributed by atoms with Crippen LogP contribution in [0.25, 0.3) is 11.3 Å². The second-order valence-corrected chi connectivity index (χ2v) is 8.01. The van der Waals surface area contributed by atoms with E-state index >= 15 is 0 Å². The number of amides is 1. The smallest absolute Gasteiger partial charge is 0.272 e. The molecule has 0 bridgehead atoms. The van der Waals surface area contributed by atoms with Crippen molar-refractivity contribution >= 4 is 5.91 Å². The fourth-order valence-corrected chi connectivity index (χ4v) is 4.68. The first-order chi connectivity index (χ1) is 13.8. The monoisotopic (exact) mass is 371 g/mol. The molecule has 28 heavy (non-hydrogen) atoms. The molecule has 142 valence electrons. The predicted molar refractivity (Wildman–Crippen MR) is 110 cm³/mol. The minimum Gasteiger partial charge on any atom is -0.337 e. The van der Waals surface area contributed by atoms with Crippen molar-refractivity contribution in [2.24, 2.45) is 5.92 Å². The van der Waals surface area contributed by atoms with E-state index in [1.54, 1.807) is 0 Å². The van der Waals surface area contributed by atoms with Gasteiger partial charge in [0, 0.05) is 24.2 Å². The molecule has 4 nitrogen and oxygen atoms in total. The Bertz CT molecular complexity index is 984. The lowest BCUT2D eigenvalue weighted by Crippen LogP contribution is -2.39. The number of carbonyl (C=O) groups excluding carboxylic acids is 1. The molecule has 0 radical (unpaired) electrons. The van der Waals surface area contributed by atoms with E-state index in [4.69, 9.17) is 0 Å². The summed E-state index contributed by atoms with van der Waals surface area (Å²) in [6, 6.07) is 19.1. The van der Waals surface area contributed by atoms with Gasteiger partial charge in [-0.3, -0.25) is 9.89 Å². The minimum atomic E-state index is 0.117. The van der Waals surface area contributed by atoms with Crippen molar-refractivity contribution in [2.45, 2.75) is 32.1 Å². The van der Waals surface area contributed by atoms with E-state index in [1.165, 1.54) is 16.7 Å². The summed E-state index contributed by atoms with van der Waals surface area (Å²) in [5, 5.41) is 7.58. The number of hydrogen-bond donors (Lipinski definition) is 1. The van der Waals surface area contributed by atoms with E-state index in [0.717, 1.165) is 56.5 Å². The van der Waals surface area contributed by atoms with Gasteiger partial charge in [-0.05, 0) is 49.1 Å². The van der Waals surface area contributed by atoms with Crippen molar-refractivity contribution in [3.8, 4) is 11.3 Å². The summed E-state index contributed by atoms with van der Waals surface area (Å²) in [6.45, 7) is 1.67. The van der Waals surface area contributed by atoms with Gasteiger partial charge in [0.25, 0.3) is 5.91 Å². The molecule has 0 saturated carbocycles. The summed E-state index contributed by atoms with van der Waals surface area (Å²) in [4.78, 5) is 15.2. The number of aromatic nitrogens is 2. The number of carbonyl (C=O) groups is 1. The van der Waals surface area contributed by atoms with Gasteiger partial charge in [-0.15, -0.1) is 0 Å². The third-order valence-electron chi connectivity index (χ3n) is 6.27. The zero-order chi connectivity index (χ0) is 18.9. The Hall–Kier alpha value is -2.88. The Morgan fingerprint density at radius 1 is 1.00 bits per heavy atom. The summed E-state index contributed by atoms with van der Waals surface area (Å²) >= 11 is 0. The van der Waals surface area contributed by atoms with Crippen LogP contribution in [-0.4, -0.2) is 34.1 Å². The molecule has 1 aromatic heterocycles. The second kappa shape index (κ2) is 7.27. The number of nitrogens with zero attached hydrogens (tertiary/aromatic N) is 2. The highest BCUT2D eigenvalue weighted by Gasteiger charge is 2.29. The maximum absolute atomic E-state index is 13.2. The van der Waals surface area contributed by atoms with Gasteiger partial charge in [0.2, 0.25) is 0 Å². The molecule has 2 aliphatic rings. The predicted octanol–water partition coefficient (Wildman–Crippen LogP) is 4.27. The average molecular weight is 371 g/mol. The molecule has 2 aromatic carbocycles. The molecule has 1 saturated heterocycles. The molecule has 2 heterocycles. The van der Waals surface area contributed by atoms with Gasteiger partial charge in [0.15, 0.2) is 0 Å². The molecular formula is C24H25N3O. The van der Waals surface area contributed by atoms with Gasteiger partial charge in [-0.1, -0.05) is 54.6 Å². The summed E-state index contributed by atoms with van der Waals surface area (Å²) in [6.07, 6.45) is 5.11. The third kappa shape index (κ3) is 3.13. The largest absolute Gasteiger partial charge is 0.337 e. The van der Waals surface area contributed by atoms with Gasteiger partial charge in [-0.2, -0.15) is 5.10 Å². The van der Waals surface area contributed by atoms with Crippen LogP contribution in [0.5, 0.6) is 0 Å². The first-order valence-corrected chi connectivity index (χ1v) is 10.3. The third-order valence-corrected chi connectivity index (χ3v) is 6.27. The molecule has 1 N–H and O–H groups in total. The quantitative estimate of drug-likeness (QED) is 0.747. The normalized spacial score (nSPS) is 16.5. The molecule has 0 unspecified atom stereocenters. The zero-order valence-electron chi connectivity index (χ0n) is 16.0. The highest BCUT2D eigenvalue weighted by molar-refractivity contribution is 5.96. The van der Waals surface area contributed by atoms with Crippen LogP contribution in [0.3, 0.4) is 0 Å². The lowest BCUT2D eigenvalue weighted by atomic mass is 9.88. The summed E-state index contributed by atoms with van der Waals surface area (Å²) < 4.78 is 0. The number of likely N-dealkylation sites (tertiary alicyclic amines) is 1. The van der Waals surface area contributed by atoms with E-state index in [0.29, 0.717) is 11.6 Å². The highest BCUT2D eigenvalue weighted by atomic mass is 16.2. The Balaban J connectivity index is 1.28. The maximum Gasteiger partial charge on any atom is 0.272 e. The van der Waals surface area contributed by atoms with Gasteiger partial charge in [-0.25, -0.2) is 0 Å². The van der Waals surface area contributed by atoms with E-state index < -0.39 is 0 Å². The summed E-state index contributed by atoms with van der Waals surface area (Å²) in [7, 11) is 0. The van der Waals surface area contributed by atoms with Gasteiger partial charge >= 0.3 is 0 Å². The van der Waals surface area contributed by atoms with Crippen LogP contribution >= 0.6 is 0 Å². The van der Waals surface area contributed by atoms with Crippen LogP contribution in [0.4, 0.5) is 0 Å². The Morgan fingerprint density at radius 2 is 1.75 bits per heavy atom. The van der Waals surface area contributed by atoms with E-state index in [2.05, 4.69) is 58.7 Å². The summed E-state index contributed by atoms with van der Waals surface area (Å²) in [5.41, 5.74) is 6.64. The molecular weight excluding hydrogens is 346 g/mol. The zero-order valence-corrected chi connectivity index (χ0v) is 16.0. The summed E-state index contributed by atoms with van der Waals surface area (Å²) in [5.74, 6) is 0.778. The molecule has 0 atom stereocenters. The SMILES string of the molecule is O=C(c1[nH]nc2c1CCc1ccccc1-2)N1CCC(Cc2ccccc2)CC1. The topological polar surface area (TPSA) is 49.0 Å². The van der Waals surface area contributed by atoms with Crippen LogP contribution in [0.1, 0.15) is 40.0 Å². The molecule has 5 rings (SSSR count). The van der Waals surface area contributed by atoms with Crippen LogP contribution in [0, 0.1) is 5.92 Å². The fourth-order valence-electron chi connectivity index (χ4n) is 4.68. The molecule has 0 spiro atoms. The number of rotatable bonds is 3. The number of hydrogen-bond acceptors (Lipinski definition) is 2. The Labute approximate surface area is 165 Å². The first-order valence-electron chi connectivity index (χ1n) is 10.3. The maximum atomic E-state index is 13.2. The Kier molecular flexibility index (Phi) is 4.47. The Morgan fingerprint density at radius 3 is 2.57 bits per heavy atom. The minimum absolute atomic E-state index is 0.117. The van der Waals surface area contributed by atoms with E-state index in [1.807, 2.05) is 11.0 Å². The van der Waals surface area contributed by atoms with Gasteiger partial charge in [0.1, 0.15) is 5.69 Å². The van der Waals surface area contributed by atoms with Crippen LogP contribution < -0.4 is 0 Å². The van der Waals surface area contributed by atoms with Crippen molar-refractivity contribution in [1.29, 1.82) is 0 Å². The molecule has 1 fully saturated rings. The lowest BCUT2D eigenvalue weighted by molar-refractivity contribution is 0.0683. The van der Waals surface area contributed by atoms with Crippen molar-refractivity contribution in [2.75, 3.05) is 13.1 Å². The number of fused-ring (bicyclic) bond motifs is 3. The molecule has 1 aliphatic heterocycles. The van der Waals surface area contributed by atoms with Crippen LogP contribution in [-0.2, 0) is 19.3 Å². The number of aryl methyl sites for hydroxylation is 1. The van der Waals surface area contributed by atoms with Crippen molar-refractivity contribution in [1.82, 2.24) is 15.1 Å². The molecule has 4 heteroatoms. The van der Waals surface area contributed by atoms with Crippen LogP contribution in [0.15, 0.2) is 54.6 Å². The lowest BCUT2D eigenvalue weighted by Gasteiger charge is -2.32. The molecule has 1 aliphatic carbocycles. The number of benzene rings is 2. The first kappa shape index (κ1) is 17.2. The number of aromatic amines is 1. The van der Waals surface area contributed by atoms with E-state index in [9.17, 15) is 4.79 Å². The highest BCUT2D eigenvalue weighted by Crippen LogP contribution is 2.34. The number of piperidine rings is 1. The second-order valence-electron chi connectivity index (χ2n) is 8.01. The van der Waals surface area contributed by atoms with Crippen molar-refractivity contribution in [3.05, 3.63) is 77.0 Å². The van der Waals surface area contributed by atoms with Crippen molar-refractivity contribution < 1.29 is 4.79 Å². The van der Waals surface area contributed by atoms with Crippen LogP contribution in [0.2, 0.25) is 0 Å². The van der Waals surface area contributed by atoms with Gasteiger partial charge in [0.05, 0.1) is 5.69 Å². The average Bonchev–Trinajstić information content (AvgIpc) is 3.19. The number of H-pyrrole nitrogens is 1. The van der Waals surface area contributed by atoms with E-state index in [-0.39, 0.29) is 5.91 Å².